The molecular formula is C26H24BrN3O2. The Hall–Kier alpha value is -3.30. The number of Topliss-reactive ketones (excluding diaryl/α,β-unsaturated/α-hetero) is 1. The first-order chi connectivity index (χ1) is 15.5. The van der Waals surface area contributed by atoms with Crippen LogP contribution in [-0.4, -0.2) is 12.4 Å². The second kappa shape index (κ2) is 9.05. The van der Waals surface area contributed by atoms with Gasteiger partial charge in [-0.1, -0.05) is 40.7 Å². The Morgan fingerprint density at radius 2 is 2.03 bits per heavy atom. The molecule has 32 heavy (non-hydrogen) atoms. The van der Waals surface area contributed by atoms with Crippen LogP contribution in [0.3, 0.4) is 0 Å². The Morgan fingerprint density at radius 3 is 2.69 bits per heavy atom. The summed E-state index contributed by atoms with van der Waals surface area (Å²) in [5.41, 5.74) is 11.3. The first-order valence-corrected chi connectivity index (χ1v) is 11.3. The zero-order valence-corrected chi connectivity index (χ0v) is 19.5. The van der Waals surface area contributed by atoms with Gasteiger partial charge >= 0.3 is 0 Å². The molecule has 1 heterocycles. The molecule has 0 bridgehead atoms. The molecule has 0 amide bonds. The number of carbonyl (C=O) groups excluding carboxylic acids is 1. The van der Waals surface area contributed by atoms with Gasteiger partial charge < -0.3 is 10.5 Å². The van der Waals surface area contributed by atoms with Crippen LogP contribution in [0.2, 0.25) is 0 Å². The number of anilines is 1. The number of aryl methyl sites for hydroxylation is 1. The predicted octanol–water partition coefficient (Wildman–Crippen LogP) is 5.63. The smallest absolute Gasteiger partial charge is 0.161 e. The highest BCUT2D eigenvalue weighted by Crippen LogP contribution is 2.47. The minimum absolute atomic E-state index is 0.0725. The third-order valence-corrected chi connectivity index (χ3v) is 6.39. The van der Waals surface area contributed by atoms with Gasteiger partial charge in [-0.2, -0.15) is 5.26 Å². The molecule has 0 fully saturated rings. The fraction of sp³-hybridized carbons (Fsp3) is 0.231. The molecule has 0 saturated heterocycles. The zero-order chi connectivity index (χ0) is 22.8. The number of nitrogens with two attached hydrogens (primary N) is 1. The van der Waals surface area contributed by atoms with E-state index in [4.69, 9.17) is 10.5 Å². The number of ketones is 1. The molecule has 1 atom stereocenters. The molecule has 1 aliphatic heterocycles. The van der Waals surface area contributed by atoms with Crippen LogP contribution >= 0.6 is 15.9 Å². The summed E-state index contributed by atoms with van der Waals surface area (Å²) in [6.45, 7) is 6.07. The lowest BCUT2D eigenvalue weighted by Crippen LogP contribution is -2.39. The molecular weight excluding hydrogens is 466 g/mol. The summed E-state index contributed by atoms with van der Waals surface area (Å²) in [7, 11) is 0. The first kappa shape index (κ1) is 21.9. The summed E-state index contributed by atoms with van der Waals surface area (Å²) < 4.78 is 6.55. The lowest BCUT2D eigenvalue weighted by Gasteiger charge is -2.40. The number of carbonyl (C=O) groups is 1. The lowest BCUT2D eigenvalue weighted by atomic mass is 9.75. The summed E-state index contributed by atoms with van der Waals surface area (Å²) >= 11 is 3.51. The van der Waals surface area contributed by atoms with E-state index in [0.29, 0.717) is 35.7 Å². The Labute approximate surface area is 196 Å². The van der Waals surface area contributed by atoms with Crippen LogP contribution in [0.1, 0.15) is 36.3 Å². The van der Waals surface area contributed by atoms with Gasteiger partial charge in [-0.05, 0) is 61.2 Å². The molecule has 1 aliphatic carbocycles. The van der Waals surface area contributed by atoms with Crippen molar-refractivity contribution in [2.75, 3.05) is 11.5 Å². The van der Waals surface area contributed by atoms with Crippen LogP contribution < -0.4 is 15.4 Å². The minimum atomic E-state index is -0.483. The molecule has 2 aromatic rings. The number of ether oxygens (including phenoxy) is 1. The fourth-order valence-electron chi connectivity index (χ4n) is 4.48. The average molecular weight is 490 g/mol. The van der Waals surface area contributed by atoms with E-state index < -0.39 is 5.92 Å². The van der Waals surface area contributed by atoms with Gasteiger partial charge in [0.25, 0.3) is 0 Å². The molecule has 0 saturated carbocycles. The summed E-state index contributed by atoms with van der Waals surface area (Å²) in [5, 5.41) is 10.1. The van der Waals surface area contributed by atoms with Crippen LogP contribution in [0.5, 0.6) is 5.75 Å². The minimum Gasteiger partial charge on any atom is -0.490 e. The van der Waals surface area contributed by atoms with Gasteiger partial charge in [-0.25, -0.2) is 0 Å². The monoisotopic (exact) mass is 489 g/mol. The van der Waals surface area contributed by atoms with Gasteiger partial charge in [0.1, 0.15) is 18.2 Å². The molecule has 2 N–H and O–H groups in total. The highest BCUT2D eigenvalue weighted by atomic mass is 79.9. The van der Waals surface area contributed by atoms with E-state index in [9.17, 15) is 10.1 Å². The maximum Gasteiger partial charge on any atom is 0.161 e. The zero-order valence-electron chi connectivity index (χ0n) is 17.9. The molecule has 162 valence electrons. The predicted molar refractivity (Wildman–Crippen MR) is 129 cm³/mol. The van der Waals surface area contributed by atoms with Crippen molar-refractivity contribution in [2.24, 2.45) is 5.73 Å². The largest absolute Gasteiger partial charge is 0.490 e. The number of benzene rings is 2. The number of allylic oxidation sites excluding steroid dienone is 3. The number of nitriles is 1. The van der Waals surface area contributed by atoms with E-state index in [1.54, 1.807) is 6.08 Å². The third-order valence-electron chi connectivity index (χ3n) is 5.89. The van der Waals surface area contributed by atoms with E-state index in [2.05, 4.69) is 28.6 Å². The Morgan fingerprint density at radius 1 is 1.28 bits per heavy atom. The van der Waals surface area contributed by atoms with Crippen molar-refractivity contribution in [3.05, 3.63) is 93.4 Å². The van der Waals surface area contributed by atoms with Gasteiger partial charge in [-0.15, -0.1) is 0 Å². The van der Waals surface area contributed by atoms with Crippen LogP contribution in [-0.2, 0) is 4.79 Å². The molecule has 2 aliphatic rings. The molecule has 0 spiro atoms. The third kappa shape index (κ3) is 3.85. The normalized spacial score (nSPS) is 18.3. The second-order valence-corrected chi connectivity index (χ2v) is 8.83. The Kier molecular flexibility index (Phi) is 6.20. The van der Waals surface area contributed by atoms with Crippen LogP contribution in [0.15, 0.2) is 82.3 Å². The highest BCUT2D eigenvalue weighted by molar-refractivity contribution is 9.10. The van der Waals surface area contributed by atoms with E-state index in [0.717, 1.165) is 39.8 Å². The number of nitrogens with zero attached hydrogens (tertiary/aromatic N) is 2. The molecule has 0 aromatic heterocycles. The van der Waals surface area contributed by atoms with Crippen molar-refractivity contribution in [1.82, 2.24) is 0 Å². The van der Waals surface area contributed by atoms with E-state index >= 15 is 0 Å². The van der Waals surface area contributed by atoms with E-state index in [1.807, 2.05) is 54.3 Å². The number of hydrogen-bond acceptors (Lipinski definition) is 5. The lowest BCUT2D eigenvalue weighted by molar-refractivity contribution is -0.116. The van der Waals surface area contributed by atoms with Gasteiger partial charge in [0.2, 0.25) is 0 Å². The fourth-order valence-corrected chi connectivity index (χ4v) is 4.95. The van der Waals surface area contributed by atoms with Gasteiger partial charge in [0, 0.05) is 22.2 Å². The second-order valence-electron chi connectivity index (χ2n) is 7.92. The SMILES string of the molecule is C=CCOc1ccc([C@H]2C(C#N)=C(N)N(c3ccc(Br)cc3C)C3=C2C(=O)CCC3)cc1. The molecule has 0 radical (unpaired) electrons. The molecule has 2 aromatic carbocycles. The Balaban J connectivity index is 1.88. The summed E-state index contributed by atoms with van der Waals surface area (Å²) in [5.74, 6) is 0.672. The molecule has 4 rings (SSSR count). The quantitative estimate of drug-likeness (QED) is 0.550. The van der Waals surface area contributed by atoms with Crippen molar-refractivity contribution in [3.8, 4) is 11.8 Å². The Bertz CT molecular complexity index is 1190. The highest BCUT2D eigenvalue weighted by Gasteiger charge is 2.40. The van der Waals surface area contributed by atoms with Gasteiger partial charge in [0.15, 0.2) is 5.78 Å². The molecule has 0 unspecified atom stereocenters. The van der Waals surface area contributed by atoms with Gasteiger partial charge in [0.05, 0.1) is 23.2 Å². The van der Waals surface area contributed by atoms with E-state index in [1.165, 1.54) is 0 Å². The summed E-state index contributed by atoms with van der Waals surface area (Å²) in [4.78, 5) is 15.1. The van der Waals surface area contributed by atoms with Crippen molar-refractivity contribution < 1.29 is 9.53 Å². The van der Waals surface area contributed by atoms with Crippen molar-refractivity contribution in [1.29, 1.82) is 5.26 Å². The number of hydrogen-bond donors (Lipinski definition) is 1. The molecule has 6 heteroatoms. The van der Waals surface area contributed by atoms with E-state index in [-0.39, 0.29) is 5.78 Å². The average Bonchev–Trinajstić information content (AvgIpc) is 2.78. The van der Waals surface area contributed by atoms with Crippen LogP contribution in [0, 0.1) is 18.3 Å². The topological polar surface area (TPSA) is 79.3 Å². The van der Waals surface area contributed by atoms with Gasteiger partial charge in [-0.3, -0.25) is 9.69 Å². The van der Waals surface area contributed by atoms with Crippen LogP contribution in [0.25, 0.3) is 0 Å². The summed E-state index contributed by atoms with van der Waals surface area (Å²) in [6, 6.07) is 15.7. The maximum atomic E-state index is 13.2. The van der Waals surface area contributed by atoms with Crippen molar-refractivity contribution in [2.45, 2.75) is 32.1 Å². The molecule has 5 nitrogen and oxygen atoms in total. The number of halogens is 1. The summed E-state index contributed by atoms with van der Waals surface area (Å²) in [6.07, 6.45) is 3.65. The van der Waals surface area contributed by atoms with Crippen molar-refractivity contribution in [3.63, 3.8) is 0 Å². The maximum absolute atomic E-state index is 13.2. The van der Waals surface area contributed by atoms with Crippen molar-refractivity contribution >= 4 is 27.4 Å². The van der Waals surface area contributed by atoms with Crippen LogP contribution in [0.4, 0.5) is 5.69 Å². The number of rotatable bonds is 5. The first-order valence-electron chi connectivity index (χ1n) is 10.5. The standard InChI is InChI=1S/C26H24BrN3O2/c1-3-13-32-19-10-7-17(8-11-19)24-20(15-28)26(29)30(21-12-9-18(27)14-16(21)2)22-5-4-6-23(31)25(22)24/h3,7-12,14,24H,1,4-6,13,29H2,2H3/t24-/m0/s1.